The minimum atomic E-state index is -0.121. The molecule has 2 aromatic heterocycles. The van der Waals surface area contributed by atoms with E-state index in [1.807, 2.05) is 16.8 Å². The molecular weight excluding hydrogens is 212 g/mol. The first-order valence-electron chi connectivity index (χ1n) is 4.38. The van der Waals surface area contributed by atoms with Gasteiger partial charge in [-0.3, -0.25) is 0 Å². The summed E-state index contributed by atoms with van der Waals surface area (Å²) >= 11 is 1.60. The van der Waals surface area contributed by atoms with E-state index in [2.05, 4.69) is 9.97 Å². The molecule has 0 saturated heterocycles. The highest BCUT2D eigenvalue weighted by molar-refractivity contribution is 7.08. The van der Waals surface area contributed by atoms with Crippen LogP contribution in [0.15, 0.2) is 23.0 Å². The van der Waals surface area contributed by atoms with Crippen LogP contribution < -0.4 is 4.74 Å². The van der Waals surface area contributed by atoms with Gasteiger partial charge in [0.1, 0.15) is 0 Å². The lowest BCUT2D eigenvalue weighted by Gasteiger charge is -2.05. The van der Waals surface area contributed by atoms with E-state index in [4.69, 9.17) is 4.74 Å². The number of aliphatic hydroxyl groups excluding tert-OH is 1. The van der Waals surface area contributed by atoms with E-state index in [1.54, 1.807) is 17.5 Å². The predicted molar refractivity (Wildman–Crippen MR) is 57.8 cm³/mol. The number of hydrogen-bond donors (Lipinski definition) is 1. The van der Waals surface area contributed by atoms with Crippen LogP contribution in [0.3, 0.4) is 0 Å². The summed E-state index contributed by atoms with van der Waals surface area (Å²) in [5, 5.41) is 13.2. The fraction of sp³-hybridized carbons (Fsp3) is 0.200. The highest BCUT2D eigenvalue weighted by atomic mass is 32.1. The third-order valence-corrected chi connectivity index (χ3v) is 2.69. The van der Waals surface area contributed by atoms with Crippen molar-refractivity contribution < 1.29 is 9.84 Å². The minimum absolute atomic E-state index is 0.121. The molecule has 0 aliphatic heterocycles. The lowest BCUT2D eigenvalue weighted by atomic mass is 10.1. The number of ether oxygens (including phenoxy) is 1. The first-order valence-corrected chi connectivity index (χ1v) is 5.32. The summed E-state index contributed by atoms with van der Waals surface area (Å²) in [5.41, 5.74) is 2.45. The quantitative estimate of drug-likeness (QED) is 0.858. The van der Waals surface area contributed by atoms with Crippen molar-refractivity contribution >= 4 is 11.3 Å². The maximum absolute atomic E-state index is 9.19. The van der Waals surface area contributed by atoms with Crippen LogP contribution in [0.1, 0.15) is 5.69 Å². The molecular formula is C10H10N2O2S. The van der Waals surface area contributed by atoms with Crippen LogP contribution in [-0.4, -0.2) is 22.2 Å². The third-order valence-electron chi connectivity index (χ3n) is 2.01. The molecule has 0 aromatic carbocycles. The minimum Gasteiger partial charge on any atom is -0.467 e. The topological polar surface area (TPSA) is 55.2 Å². The normalized spacial score (nSPS) is 10.3. The molecule has 2 rings (SSSR count). The van der Waals surface area contributed by atoms with E-state index in [1.165, 1.54) is 7.11 Å². The number of aliphatic hydroxyl groups is 1. The molecule has 0 fully saturated rings. The van der Waals surface area contributed by atoms with Crippen molar-refractivity contribution in [3.8, 4) is 17.1 Å². The van der Waals surface area contributed by atoms with Crippen LogP contribution in [-0.2, 0) is 6.61 Å². The van der Waals surface area contributed by atoms with Gasteiger partial charge in [-0.15, -0.1) is 0 Å². The Hall–Kier alpha value is -1.46. The number of hydrogen-bond acceptors (Lipinski definition) is 5. The number of nitrogens with zero attached hydrogens (tertiary/aromatic N) is 2. The molecule has 15 heavy (non-hydrogen) atoms. The van der Waals surface area contributed by atoms with Crippen molar-refractivity contribution in [3.05, 3.63) is 28.7 Å². The van der Waals surface area contributed by atoms with Crippen LogP contribution in [0.4, 0.5) is 0 Å². The first kappa shape index (κ1) is 10.1. The zero-order valence-corrected chi connectivity index (χ0v) is 8.99. The Balaban J connectivity index is 2.48. The average Bonchev–Trinajstić information content (AvgIpc) is 2.81. The molecule has 1 N–H and O–H groups in total. The second kappa shape index (κ2) is 4.37. The molecule has 78 valence electrons. The van der Waals surface area contributed by atoms with Gasteiger partial charge >= 0.3 is 6.01 Å². The van der Waals surface area contributed by atoms with Gasteiger partial charge in [0.15, 0.2) is 0 Å². The monoisotopic (exact) mass is 222 g/mol. The summed E-state index contributed by atoms with van der Waals surface area (Å²) < 4.78 is 4.90. The summed E-state index contributed by atoms with van der Waals surface area (Å²) in [5.74, 6) is 0. The molecule has 0 bridgehead atoms. The van der Waals surface area contributed by atoms with Crippen molar-refractivity contribution in [2.45, 2.75) is 6.61 Å². The van der Waals surface area contributed by atoms with Crippen molar-refractivity contribution in [3.63, 3.8) is 0 Å². The summed E-state index contributed by atoms with van der Waals surface area (Å²) in [7, 11) is 1.50. The number of thiophene rings is 1. The molecule has 0 aliphatic rings. The van der Waals surface area contributed by atoms with Gasteiger partial charge in [0.2, 0.25) is 0 Å². The first-order chi connectivity index (χ1) is 7.35. The molecule has 0 spiro atoms. The molecule has 0 aliphatic carbocycles. The Bertz CT molecular complexity index is 443. The molecule has 0 atom stereocenters. The fourth-order valence-corrected chi connectivity index (χ4v) is 1.93. The zero-order chi connectivity index (χ0) is 10.7. The molecule has 0 unspecified atom stereocenters. The van der Waals surface area contributed by atoms with Crippen LogP contribution >= 0.6 is 11.3 Å². The van der Waals surface area contributed by atoms with E-state index in [0.717, 1.165) is 11.1 Å². The molecule has 0 saturated carbocycles. The molecule has 2 aromatic rings. The largest absolute Gasteiger partial charge is 0.467 e. The summed E-state index contributed by atoms with van der Waals surface area (Å²) in [6.45, 7) is -0.121. The highest BCUT2D eigenvalue weighted by Crippen LogP contribution is 2.25. The number of methoxy groups -OCH3 is 1. The Morgan fingerprint density at radius 1 is 1.53 bits per heavy atom. The summed E-state index contributed by atoms with van der Waals surface area (Å²) in [6, 6.07) is 2.24. The van der Waals surface area contributed by atoms with Gasteiger partial charge < -0.3 is 9.84 Å². The smallest absolute Gasteiger partial charge is 0.316 e. The Labute approximate surface area is 91.2 Å². The molecule has 2 heterocycles. The summed E-state index contributed by atoms with van der Waals surface area (Å²) in [6.07, 6.45) is 1.67. The number of aromatic nitrogens is 2. The zero-order valence-electron chi connectivity index (χ0n) is 8.17. The van der Waals surface area contributed by atoms with Gasteiger partial charge in [-0.1, -0.05) is 0 Å². The van der Waals surface area contributed by atoms with Crippen LogP contribution in [0.2, 0.25) is 0 Å². The van der Waals surface area contributed by atoms with Crippen LogP contribution in [0, 0.1) is 0 Å². The lowest BCUT2D eigenvalue weighted by Crippen LogP contribution is -1.99. The van der Waals surface area contributed by atoms with Crippen molar-refractivity contribution in [2.75, 3.05) is 7.11 Å². The molecule has 0 radical (unpaired) electrons. The maximum Gasteiger partial charge on any atom is 0.316 e. The van der Waals surface area contributed by atoms with Crippen molar-refractivity contribution in [1.82, 2.24) is 9.97 Å². The van der Waals surface area contributed by atoms with E-state index >= 15 is 0 Å². The standard InChI is InChI=1S/C10H10N2O2S/c1-14-10-11-4-8(9(5-13)12-10)7-2-3-15-6-7/h2-4,6,13H,5H2,1H3. The SMILES string of the molecule is COc1ncc(-c2ccsc2)c(CO)n1. The van der Waals surface area contributed by atoms with E-state index < -0.39 is 0 Å². The van der Waals surface area contributed by atoms with Crippen LogP contribution in [0.25, 0.3) is 11.1 Å². The highest BCUT2D eigenvalue weighted by Gasteiger charge is 2.08. The van der Waals surface area contributed by atoms with Gasteiger partial charge in [0.25, 0.3) is 0 Å². The van der Waals surface area contributed by atoms with Crippen LogP contribution in [0.5, 0.6) is 6.01 Å². The van der Waals surface area contributed by atoms with Crippen molar-refractivity contribution in [1.29, 1.82) is 0 Å². The predicted octanol–water partition coefficient (Wildman–Crippen LogP) is 1.71. The molecule has 4 nitrogen and oxygen atoms in total. The van der Waals surface area contributed by atoms with E-state index in [-0.39, 0.29) is 12.6 Å². The molecule has 0 amide bonds. The Kier molecular flexibility index (Phi) is 2.94. The Morgan fingerprint density at radius 2 is 2.40 bits per heavy atom. The van der Waals surface area contributed by atoms with E-state index in [9.17, 15) is 5.11 Å². The van der Waals surface area contributed by atoms with Crippen molar-refractivity contribution in [2.24, 2.45) is 0 Å². The lowest BCUT2D eigenvalue weighted by molar-refractivity contribution is 0.274. The second-order valence-corrected chi connectivity index (χ2v) is 3.67. The van der Waals surface area contributed by atoms with E-state index in [0.29, 0.717) is 5.69 Å². The average molecular weight is 222 g/mol. The Morgan fingerprint density at radius 3 is 3.00 bits per heavy atom. The third kappa shape index (κ3) is 1.98. The van der Waals surface area contributed by atoms with Gasteiger partial charge in [-0.25, -0.2) is 4.98 Å². The maximum atomic E-state index is 9.19. The second-order valence-electron chi connectivity index (χ2n) is 2.89. The van der Waals surface area contributed by atoms with Gasteiger partial charge in [0, 0.05) is 11.8 Å². The number of rotatable bonds is 3. The van der Waals surface area contributed by atoms with Gasteiger partial charge in [-0.05, 0) is 22.4 Å². The summed E-state index contributed by atoms with van der Waals surface area (Å²) in [4.78, 5) is 8.11. The fourth-order valence-electron chi connectivity index (χ4n) is 1.28. The van der Waals surface area contributed by atoms with Gasteiger partial charge in [0.05, 0.1) is 19.4 Å². The van der Waals surface area contributed by atoms with Gasteiger partial charge in [-0.2, -0.15) is 16.3 Å². The molecule has 5 heteroatoms.